The number of benzene rings is 1. The van der Waals surface area contributed by atoms with Gasteiger partial charge in [0.05, 0.1) is 32.5 Å². The molecule has 1 aromatic carbocycles. The molecule has 0 unspecified atom stereocenters. The third-order valence-electron chi connectivity index (χ3n) is 3.04. The van der Waals surface area contributed by atoms with Gasteiger partial charge >= 0.3 is 0 Å². The standard InChI is InChI=1S/C17H22O4Si/c1-7-20-15-13(9-11-22(4,5)6)14(18-2)12-8-10-21-16(12)17(15)19-3/h8,10H,7H2,1-6H3. The molecule has 0 aliphatic rings. The first kappa shape index (κ1) is 16.3. The van der Waals surface area contributed by atoms with E-state index in [4.69, 9.17) is 18.6 Å². The molecule has 0 aliphatic carbocycles. The van der Waals surface area contributed by atoms with E-state index in [9.17, 15) is 0 Å². The van der Waals surface area contributed by atoms with Gasteiger partial charge in [-0.2, -0.15) is 0 Å². The Morgan fingerprint density at radius 2 is 1.77 bits per heavy atom. The highest BCUT2D eigenvalue weighted by molar-refractivity contribution is 6.83. The maximum absolute atomic E-state index is 5.79. The maximum atomic E-state index is 5.79. The summed E-state index contributed by atoms with van der Waals surface area (Å²) in [6.45, 7) is 9.02. The summed E-state index contributed by atoms with van der Waals surface area (Å²) in [4.78, 5) is 0. The third kappa shape index (κ3) is 3.07. The van der Waals surface area contributed by atoms with Gasteiger partial charge in [0.15, 0.2) is 11.3 Å². The molecular weight excluding hydrogens is 296 g/mol. The molecule has 4 nitrogen and oxygen atoms in total. The van der Waals surface area contributed by atoms with E-state index < -0.39 is 8.07 Å². The zero-order valence-electron chi connectivity index (χ0n) is 14.0. The highest BCUT2D eigenvalue weighted by Crippen LogP contribution is 2.46. The topological polar surface area (TPSA) is 40.8 Å². The Morgan fingerprint density at radius 1 is 1.09 bits per heavy atom. The first-order chi connectivity index (χ1) is 10.4. The van der Waals surface area contributed by atoms with E-state index in [0.717, 1.165) is 10.9 Å². The predicted octanol–water partition coefficient (Wildman–Crippen LogP) is 4.08. The predicted molar refractivity (Wildman–Crippen MR) is 90.7 cm³/mol. The largest absolute Gasteiger partial charge is 0.495 e. The summed E-state index contributed by atoms with van der Waals surface area (Å²) in [6.07, 6.45) is 1.61. The zero-order chi connectivity index (χ0) is 16.3. The highest BCUT2D eigenvalue weighted by Gasteiger charge is 2.23. The molecule has 0 radical (unpaired) electrons. The van der Waals surface area contributed by atoms with Crippen molar-refractivity contribution in [2.24, 2.45) is 0 Å². The molecule has 0 N–H and O–H groups in total. The molecule has 0 saturated carbocycles. The summed E-state index contributed by atoms with van der Waals surface area (Å²) in [7, 11) is 1.69. The molecule has 2 rings (SSSR count). The Kier molecular flexibility index (Phi) is 4.72. The molecule has 1 heterocycles. The fourth-order valence-electron chi connectivity index (χ4n) is 2.16. The normalized spacial score (nSPS) is 11.0. The number of methoxy groups -OCH3 is 2. The van der Waals surface area contributed by atoms with Crippen molar-refractivity contribution >= 4 is 19.0 Å². The van der Waals surface area contributed by atoms with Crippen LogP contribution in [0.15, 0.2) is 16.7 Å². The lowest BCUT2D eigenvalue weighted by Gasteiger charge is -2.15. The van der Waals surface area contributed by atoms with E-state index in [1.165, 1.54) is 0 Å². The van der Waals surface area contributed by atoms with Crippen LogP contribution in [0.1, 0.15) is 12.5 Å². The van der Waals surface area contributed by atoms with Gasteiger partial charge in [-0.05, 0) is 13.0 Å². The number of fused-ring (bicyclic) bond motifs is 1. The minimum Gasteiger partial charge on any atom is -0.495 e. The van der Waals surface area contributed by atoms with Gasteiger partial charge in [0.2, 0.25) is 5.75 Å². The van der Waals surface area contributed by atoms with Crippen LogP contribution in [0.2, 0.25) is 19.6 Å². The number of ether oxygens (including phenoxy) is 3. The smallest absolute Gasteiger partial charge is 0.206 e. The van der Waals surface area contributed by atoms with Crippen molar-refractivity contribution < 1.29 is 18.6 Å². The van der Waals surface area contributed by atoms with Gasteiger partial charge in [-0.15, -0.1) is 5.54 Å². The zero-order valence-corrected chi connectivity index (χ0v) is 15.0. The van der Waals surface area contributed by atoms with Crippen molar-refractivity contribution in [3.63, 3.8) is 0 Å². The number of hydrogen-bond donors (Lipinski definition) is 0. The molecule has 2 aromatic rings. The van der Waals surface area contributed by atoms with Crippen molar-refractivity contribution in [3.05, 3.63) is 17.9 Å². The minimum absolute atomic E-state index is 0.507. The number of furan rings is 1. The molecule has 0 spiro atoms. The Morgan fingerprint density at radius 3 is 2.32 bits per heavy atom. The molecule has 0 aliphatic heterocycles. The summed E-state index contributed by atoms with van der Waals surface area (Å²) in [6, 6.07) is 1.85. The van der Waals surface area contributed by atoms with Crippen molar-refractivity contribution in [2.45, 2.75) is 26.6 Å². The second-order valence-electron chi connectivity index (χ2n) is 5.87. The molecule has 22 heavy (non-hydrogen) atoms. The van der Waals surface area contributed by atoms with Crippen molar-refractivity contribution in [1.82, 2.24) is 0 Å². The summed E-state index contributed by atoms with van der Waals surface area (Å²) >= 11 is 0. The van der Waals surface area contributed by atoms with Gasteiger partial charge in [-0.25, -0.2) is 0 Å². The van der Waals surface area contributed by atoms with Crippen molar-refractivity contribution in [2.75, 3.05) is 20.8 Å². The molecule has 0 bridgehead atoms. The van der Waals surface area contributed by atoms with Crippen LogP contribution < -0.4 is 14.2 Å². The van der Waals surface area contributed by atoms with Gasteiger partial charge < -0.3 is 18.6 Å². The SMILES string of the molecule is CCOc1c(C#C[Si](C)(C)C)c(OC)c2ccoc2c1OC. The molecule has 0 atom stereocenters. The van der Waals surface area contributed by atoms with Crippen LogP contribution in [0, 0.1) is 11.5 Å². The van der Waals surface area contributed by atoms with Gasteiger partial charge in [0, 0.05) is 0 Å². The summed E-state index contributed by atoms with van der Waals surface area (Å²) in [5, 5.41) is 0.836. The second-order valence-corrected chi connectivity index (χ2v) is 10.6. The van der Waals surface area contributed by atoms with Crippen LogP contribution in [0.3, 0.4) is 0 Å². The Bertz CT molecular complexity index is 729. The Balaban J connectivity index is 2.84. The maximum Gasteiger partial charge on any atom is 0.206 e. The number of hydrogen-bond acceptors (Lipinski definition) is 4. The summed E-state index contributed by atoms with van der Waals surface area (Å²) in [5.74, 6) is 5.06. The second kappa shape index (κ2) is 6.37. The highest BCUT2D eigenvalue weighted by atomic mass is 28.3. The molecule has 118 valence electrons. The molecule has 0 amide bonds. The Labute approximate surface area is 132 Å². The van der Waals surface area contributed by atoms with Gasteiger partial charge in [0.25, 0.3) is 0 Å². The van der Waals surface area contributed by atoms with E-state index in [-0.39, 0.29) is 0 Å². The molecule has 5 heteroatoms. The van der Waals surface area contributed by atoms with Gasteiger partial charge in [0.1, 0.15) is 19.4 Å². The molecular formula is C17H22O4Si. The van der Waals surface area contributed by atoms with Crippen LogP contribution in [0.4, 0.5) is 0 Å². The van der Waals surface area contributed by atoms with Crippen molar-refractivity contribution in [3.8, 4) is 28.7 Å². The quantitative estimate of drug-likeness (QED) is 0.629. The first-order valence-electron chi connectivity index (χ1n) is 7.24. The fourth-order valence-corrected chi connectivity index (χ4v) is 2.66. The van der Waals surface area contributed by atoms with E-state index in [1.807, 2.05) is 13.0 Å². The van der Waals surface area contributed by atoms with E-state index in [2.05, 4.69) is 31.1 Å². The minimum atomic E-state index is -1.54. The fraction of sp³-hybridized carbons (Fsp3) is 0.412. The monoisotopic (exact) mass is 318 g/mol. The van der Waals surface area contributed by atoms with Crippen molar-refractivity contribution in [1.29, 1.82) is 0 Å². The van der Waals surface area contributed by atoms with Crippen LogP contribution in [0.5, 0.6) is 17.2 Å². The summed E-state index contributed by atoms with van der Waals surface area (Å²) < 4.78 is 22.4. The van der Waals surface area contributed by atoms with Crippen LogP contribution in [0.25, 0.3) is 11.0 Å². The Hall–Kier alpha value is -2.06. The van der Waals surface area contributed by atoms with E-state index in [0.29, 0.717) is 29.4 Å². The molecule has 1 aromatic heterocycles. The van der Waals surface area contributed by atoms with Crippen LogP contribution in [-0.4, -0.2) is 28.9 Å². The first-order valence-corrected chi connectivity index (χ1v) is 10.7. The lowest BCUT2D eigenvalue weighted by Crippen LogP contribution is -2.16. The van der Waals surface area contributed by atoms with E-state index in [1.54, 1.807) is 20.5 Å². The summed E-state index contributed by atoms with van der Waals surface area (Å²) in [5.41, 5.74) is 4.69. The molecule has 0 saturated heterocycles. The average Bonchev–Trinajstić information content (AvgIpc) is 2.92. The van der Waals surface area contributed by atoms with Crippen LogP contribution >= 0.6 is 0 Å². The van der Waals surface area contributed by atoms with Gasteiger partial charge in [-0.1, -0.05) is 25.6 Å². The third-order valence-corrected chi connectivity index (χ3v) is 3.91. The lowest BCUT2D eigenvalue weighted by molar-refractivity contribution is 0.307. The average molecular weight is 318 g/mol. The lowest BCUT2D eigenvalue weighted by atomic mass is 10.1. The van der Waals surface area contributed by atoms with Gasteiger partial charge in [-0.3, -0.25) is 0 Å². The number of rotatable bonds is 4. The van der Waals surface area contributed by atoms with E-state index >= 15 is 0 Å². The molecule has 0 fully saturated rings. The van der Waals surface area contributed by atoms with Crippen LogP contribution in [-0.2, 0) is 0 Å².